The first kappa shape index (κ1) is 14.6. The van der Waals surface area contributed by atoms with Crippen molar-refractivity contribution in [2.45, 2.75) is 19.8 Å². The molecule has 2 rings (SSSR count). The molecule has 1 atom stereocenters. The van der Waals surface area contributed by atoms with Crippen molar-refractivity contribution in [3.8, 4) is 0 Å². The number of hydrogen-bond donors (Lipinski definition) is 1. The predicted molar refractivity (Wildman–Crippen MR) is 81.8 cm³/mol. The van der Waals surface area contributed by atoms with Gasteiger partial charge in [0.05, 0.1) is 11.1 Å². The van der Waals surface area contributed by atoms with Crippen LogP contribution >= 0.6 is 28.6 Å². The van der Waals surface area contributed by atoms with Gasteiger partial charge in [-0.15, -0.1) is 0 Å². The van der Waals surface area contributed by atoms with Crippen LogP contribution in [0.2, 0.25) is 0 Å². The maximum Gasteiger partial charge on any atom is 0.261 e. The van der Waals surface area contributed by atoms with E-state index in [4.69, 9.17) is 0 Å². The van der Waals surface area contributed by atoms with Crippen molar-refractivity contribution in [1.29, 1.82) is 0 Å². The summed E-state index contributed by atoms with van der Waals surface area (Å²) < 4.78 is 0.813. The molecule has 0 N–H and O–H groups in total. The average Bonchev–Trinajstić information content (AvgIpc) is 2.62. The fourth-order valence-corrected chi connectivity index (χ4v) is 2.99. The zero-order valence-corrected chi connectivity index (χ0v) is 13.2. The van der Waals surface area contributed by atoms with E-state index in [1.54, 1.807) is 18.2 Å². The van der Waals surface area contributed by atoms with E-state index in [2.05, 4.69) is 35.5 Å². The second-order valence-electron chi connectivity index (χ2n) is 4.75. The normalized spacial score (nSPS) is 15.8. The summed E-state index contributed by atoms with van der Waals surface area (Å²) in [4.78, 5) is 25.9. The van der Waals surface area contributed by atoms with Crippen LogP contribution in [0.4, 0.5) is 0 Å². The van der Waals surface area contributed by atoms with Crippen LogP contribution in [0.25, 0.3) is 0 Å². The van der Waals surface area contributed by atoms with Gasteiger partial charge < -0.3 is 0 Å². The number of benzene rings is 1. The van der Waals surface area contributed by atoms with Crippen LogP contribution in [0.15, 0.2) is 22.7 Å². The first-order valence-corrected chi connectivity index (χ1v) is 7.77. The molecule has 1 aliphatic rings. The van der Waals surface area contributed by atoms with E-state index in [1.165, 1.54) is 4.90 Å². The van der Waals surface area contributed by atoms with E-state index in [9.17, 15) is 9.59 Å². The largest absolute Gasteiger partial charge is 0.274 e. The number of rotatable bonds is 5. The van der Waals surface area contributed by atoms with Crippen LogP contribution in [-0.4, -0.2) is 29.0 Å². The monoisotopic (exact) mass is 341 g/mol. The molecule has 102 valence electrons. The van der Waals surface area contributed by atoms with Crippen molar-refractivity contribution >= 4 is 40.4 Å². The molecular weight excluding hydrogens is 326 g/mol. The Morgan fingerprint density at radius 3 is 2.58 bits per heavy atom. The van der Waals surface area contributed by atoms with E-state index >= 15 is 0 Å². The summed E-state index contributed by atoms with van der Waals surface area (Å²) in [7, 11) is 0. The van der Waals surface area contributed by atoms with Crippen molar-refractivity contribution in [1.82, 2.24) is 4.90 Å². The van der Waals surface area contributed by atoms with Gasteiger partial charge >= 0.3 is 0 Å². The summed E-state index contributed by atoms with van der Waals surface area (Å²) in [5.41, 5.74) is 0.997. The van der Waals surface area contributed by atoms with Crippen molar-refractivity contribution in [3.05, 3.63) is 33.8 Å². The second kappa shape index (κ2) is 6.09. The Bertz CT molecular complexity index is 518. The molecule has 2 amide bonds. The molecule has 0 bridgehead atoms. The quantitative estimate of drug-likeness (QED) is 0.658. The van der Waals surface area contributed by atoms with Crippen molar-refractivity contribution < 1.29 is 9.59 Å². The molecule has 0 radical (unpaired) electrons. The lowest BCUT2D eigenvalue weighted by atomic mass is 10.1. The fraction of sp³-hybridized carbons (Fsp3) is 0.429. The highest BCUT2D eigenvalue weighted by molar-refractivity contribution is 9.10. The maximum atomic E-state index is 12.3. The van der Waals surface area contributed by atoms with Crippen molar-refractivity contribution in [2.24, 2.45) is 5.92 Å². The van der Waals surface area contributed by atoms with Crippen molar-refractivity contribution in [3.63, 3.8) is 0 Å². The number of carbonyl (C=O) groups excluding carboxylic acids is 2. The van der Waals surface area contributed by atoms with Crippen LogP contribution in [0.3, 0.4) is 0 Å². The van der Waals surface area contributed by atoms with Crippen molar-refractivity contribution in [2.75, 3.05) is 12.3 Å². The van der Waals surface area contributed by atoms with Gasteiger partial charge in [-0.05, 0) is 36.3 Å². The summed E-state index contributed by atoms with van der Waals surface area (Å²) in [6, 6.07) is 5.20. The Morgan fingerprint density at radius 1 is 1.26 bits per heavy atom. The number of hydrogen-bond acceptors (Lipinski definition) is 3. The molecule has 0 saturated carbocycles. The number of amides is 2. The number of thiol groups is 1. The van der Waals surface area contributed by atoms with Gasteiger partial charge in [0.25, 0.3) is 11.8 Å². The fourth-order valence-electron chi connectivity index (χ4n) is 2.34. The van der Waals surface area contributed by atoms with E-state index in [-0.39, 0.29) is 17.7 Å². The number of fused-ring (bicyclic) bond motifs is 1. The zero-order chi connectivity index (χ0) is 14.0. The first-order valence-electron chi connectivity index (χ1n) is 6.35. The van der Waals surface area contributed by atoms with Crippen LogP contribution in [-0.2, 0) is 0 Å². The Balaban J connectivity index is 2.22. The zero-order valence-electron chi connectivity index (χ0n) is 10.7. The van der Waals surface area contributed by atoms with Gasteiger partial charge in [0, 0.05) is 11.0 Å². The molecule has 0 spiro atoms. The van der Waals surface area contributed by atoms with Gasteiger partial charge in [-0.1, -0.05) is 29.3 Å². The molecule has 1 unspecified atom stereocenters. The van der Waals surface area contributed by atoms with E-state index in [1.807, 2.05) is 0 Å². The molecule has 19 heavy (non-hydrogen) atoms. The van der Waals surface area contributed by atoms with Gasteiger partial charge in [-0.2, -0.15) is 12.6 Å². The highest BCUT2D eigenvalue weighted by Gasteiger charge is 2.36. The molecule has 1 heterocycles. The smallest absolute Gasteiger partial charge is 0.261 e. The minimum Gasteiger partial charge on any atom is -0.274 e. The topological polar surface area (TPSA) is 37.4 Å². The van der Waals surface area contributed by atoms with Gasteiger partial charge in [-0.25, -0.2) is 0 Å². The lowest BCUT2D eigenvalue weighted by molar-refractivity contribution is 0.0631. The van der Waals surface area contributed by atoms with Gasteiger partial charge in [0.15, 0.2) is 0 Å². The number of imide groups is 1. The first-order chi connectivity index (χ1) is 9.08. The van der Waals surface area contributed by atoms with E-state index in [0.717, 1.165) is 17.3 Å². The molecule has 5 heteroatoms. The molecule has 1 aliphatic heterocycles. The van der Waals surface area contributed by atoms with Crippen LogP contribution in [0.1, 0.15) is 40.5 Å². The van der Waals surface area contributed by atoms with E-state index in [0.29, 0.717) is 23.4 Å². The number of halogens is 1. The Morgan fingerprint density at radius 2 is 1.95 bits per heavy atom. The lowest BCUT2D eigenvalue weighted by Crippen LogP contribution is -2.35. The van der Waals surface area contributed by atoms with Gasteiger partial charge in [0.2, 0.25) is 0 Å². The lowest BCUT2D eigenvalue weighted by Gasteiger charge is -2.20. The van der Waals surface area contributed by atoms with Crippen LogP contribution in [0, 0.1) is 5.92 Å². The van der Waals surface area contributed by atoms with E-state index < -0.39 is 0 Å². The summed E-state index contributed by atoms with van der Waals surface area (Å²) in [5.74, 6) is 0.573. The molecule has 1 aromatic carbocycles. The third-order valence-corrected chi connectivity index (χ3v) is 4.34. The minimum atomic E-state index is -0.191. The molecule has 0 saturated heterocycles. The summed E-state index contributed by atoms with van der Waals surface area (Å²) >= 11 is 7.63. The SMILES string of the molecule is CCCC(CS)CN1C(=O)c2ccc(Br)cc2C1=O. The standard InChI is InChI=1S/C14H16BrNO2S/c1-2-3-9(8-19)7-16-13(17)11-5-4-10(15)6-12(11)14(16)18/h4-6,9,19H,2-3,7-8H2,1H3. The molecule has 0 fully saturated rings. The molecule has 0 aliphatic carbocycles. The summed E-state index contributed by atoms with van der Waals surface area (Å²) in [5, 5.41) is 0. The third kappa shape index (κ3) is 2.87. The van der Waals surface area contributed by atoms with Crippen LogP contribution < -0.4 is 0 Å². The summed E-state index contributed by atoms with van der Waals surface area (Å²) in [6.45, 7) is 2.55. The molecule has 1 aromatic rings. The van der Waals surface area contributed by atoms with Crippen LogP contribution in [0.5, 0.6) is 0 Å². The minimum absolute atomic E-state index is 0.185. The predicted octanol–water partition coefficient (Wildman–Crippen LogP) is 3.39. The summed E-state index contributed by atoms with van der Waals surface area (Å²) in [6.07, 6.45) is 2.00. The second-order valence-corrected chi connectivity index (χ2v) is 6.03. The maximum absolute atomic E-state index is 12.3. The number of carbonyl (C=O) groups is 2. The Kier molecular flexibility index (Phi) is 4.68. The third-order valence-electron chi connectivity index (χ3n) is 3.33. The molecular formula is C14H16BrNO2S. The average molecular weight is 342 g/mol. The number of nitrogens with zero attached hydrogens (tertiary/aromatic N) is 1. The van der Waals surface area contributed by atoms with Gasteiger partial charge in [-0.3, -0.25) is 14.5 Å². The highest BCUT2D eigenvalue weighted by atomic mass is 79.9. The Labute approximate surface area is 126 Å². The molecule has 0 aromatic heterocycles. The molecule has 3 nitrogen and oxygen atoms in total. The van der Waals surface area contributed by atoms with Gasteiger partial charge in [0.1, 0.15) is 0 Å². The Hall–Kier alpha value is -0.810. The highest BCUT2D eigenvalue weighted by Crippen LogP contribution is 2.27.